The minimum absolute atomic E-state index is 0.0866. The monoisotopic (exact) mass is 386 g/mol. The highest BCUT2D eigenvalue weighted by atomic mass is 16.2. The fourth-order valence-corrected chi connectivity index (χ4v) is 4.41. The fraction of sp³-hybridized carbons (Fsp3) is 0.636. The first-order valence-corrected chi connectivity index (χ1v) is 10.7. The Labute approximate surface area is 168 Å². The minimum atomic E-state index is -0.0984. The molecule has 154 valence electrons. The van der Waals surface area contributed by atoms with Gasteiger partial charge in [0.15, 0.2) is 0 Å². The van der Waals surface area contributed by atoms with Gasteiger partial charge in [0.05, 0.1) is 5.92 Å². The van der Waals surface area contributed by atoms with E-state index in [4.69, 9.17) is 0 Å². The van der Waals surface area contributed by atoms with E-state index >= 15 is 0 Å². The third kappa shape index (κ3) is 4.42. The smallest absolute Gasteiger partial charge is 0.321 e. The zero-order chi connectivity index (χ0) is 20.1. The zero-order valence-electron chi connectivity index (χ0n) is 17.5. The highest BCUT2D eigenvalue weighted by Crippen LogP contribution is 2.30. The first-order valence-electron chi connectivity index (χ1n) is 10.7. The Morgan fingerprint density at radius 3 is 2.50 bits per heavy atom. The second kappa shape index (κ2) is 9.30. The van der Waals surface area contributed by atoms with E-state index < -0.39 is 0 Å². The quantitative estimate of drug-likeness (QED) is 0.839. The van der Waals surface area contributed by atoms with Crippen LogP contribution in [0.2, 0.25) is 0 Å². The molecule has 0 radical (unpaired) electrons. The molecule has 2 aliphatic heterocycles. The van der Waals surface area contributed by atoms with Gasteiger partial charge in [-0.1, -0.05) is 6.07 Å². The summed E-state index contributed by atoms with van der Waals surface area (Å²) in [5, 5.41) is 3.10. The lowest BCUT2D eigenvalue weighted by atomic mass is 9.96. The zero-order valence-corrected chi connectivity index (χ0v) is 17.5. The van der Waals surface area contributed by atoms with Gasteiger partial charge in [0.2, 0.25) is 5.91 Å². The van der Waals surface area contributed by atoms with E-state index in [1.165, 1.54) is 18.5 Å². The summed E-state index contributed by atoms with van der Waals surface area (Å²) in [5.74, 6) is 0.0890. The molecular formula is C22H34N4O2. The molecule has 1 aromatic rings. The summed E-state index contributed by atoms with van der Waals surface area (Å²) >= 11 is 0. The largest absolute Gasteiger partial charge is 0.371 e. The van der Waals surface area contributed by atoms with Crippen molar-refractivity contribution in [3.8, 4) is 0 Å². The van der Waals surface area contributed by atoms with Crippen LogP contribution in [0.5, 0.6) is 0 Å². The van der Waals surface area contributed by atoms with Crippen molar-refractivity contribution in [2.45, 2.75) is 46.5 Å². The number of nitrogens with zero attached hydrogens (tertiary/aromatic N) is 3. The number of hydrogen-bond acceptors (Lipinski definition) is 3. The van der Waals surface area contributed by atoms with Gasteiger partial charge >= 0.3 is 6.03 Å². The SMILES string of the molecule is CCN(CC)C(=O)[C@@H]1CCCN(C(=O)Nc2cccc(N3CCCC3)c2C)C1. The first-order chi connectivity index (χ1) is 13.5. The van der Waals surface area contributed by atoms with E-state index in [9.17, 15) is 9.59 Å². The maximum absolute atomic E-state index is 12.9. The van der Waals surface area contributed by atoms with E-state index in [1.807, 2.05) is 30.9 Å². The topological polar surface area (TPSA) is 55.9 Å². The Morgan fingerprint density at radius 1 is 1.11 bits per heavy atom. The van der Waals surface area contributed by atoms with E-state index in [0.29, 0.717) is 13.1 Å². The molecule has 0 spiro atoms. The van der Waals surface area contributed by atoms with E-state index in [1.54, 1.807) is 4.90 Å². The molecular weight excluding hydrogens is 352 g/mol. The fourth-order valence-electron chi connectivity index (χ4n) is 4.41. The van der Waals surface area contributed by atoms with Crippen molar-refractivity contribution in [2.24, 2.45) is 5.92 Å². The van der Waals surface area contributed by atoms with Gasteiger partial charge in [0.25, 0.3) is 0 Å². The average molecular weight is 387 g/mol. The van der Waals surface area contributed by atoms with E-state index in [-0.39, 0.29) is 17.9 Å². The molecule has 0 aromatic heterocycles. The summed E-state index contributed by atoms with van der Waals surface area (Å²) in [6.07, 6.45) is 4.19. The van der Waals surface area contributed by atoms with Crippen LogP contribution in [-0.4, -0.2) is 61.0 Å². The lowest BCUT2D eigenvalue weighted by molar-refractivity contribution is -0.136. The Hall–Kier alpha value is -2.24. The van der Waals surface area contributed by atoms with Crippen LogP contribution < -0.4 is 10.2 Å². The highest BCUT2D eigenvalue weighted by molar-refractivity contribution is 5.92. The van der Waals surface area contributed by atoms with Crippen LogP contribution in [0.15, 0.2) is 18.2 Å². The number of nitrogens with one attached hydrogen (secondary N) is 1. The lowest BCUT2D eigenvalue weighted by Gasteiger charge is -2.34. The average Bonchev–Trinajstić information content (AvgIpc) is 3.25. The molecule has 3 rings (SSSR count). The second-order valence-electron chi connectivity index (χ2n) is 7.87. The number of rotatable bonds is 5. The normalized spacial score (nSPS) is 19.6. The molecule has 6 heteroatoms. The summed E-state index contributed by atoms with van der Waals surface area (Å²) in [6.45, 7) is 10.9. The Kier molecular flexibility index (Phi) is 6.81. The Balaban J connectivity index is 1.66. The maximum Gasteiger partial charge on any atom is 0.321 e. The predicted octanol–water partition coefficient (Wildman–Crippen LogP) is 3.71. The Morgan fingerprint density at radius 2 is 1.82 bits per heavy atom. The van der Waals surface area contributed by atoms with Crippen LogP contribution in [-0.2, 0) is 4.79 Å². The number of urea groups is 1. The molecule has 1 aromatic carbocycles. The van der Waals surface area contributed by atoms with Crippen LogP contribution >= 0.6 is 0 Å². The standard InChI is InChI=1S/C22H34N4O2/c1-4-24(5-2)21(27)18-10-9-15-26(16-18)22(28)23-19-11-8-12-20(17(19)3)25-13-6-7-14-25/h8,11-12,18H,4-7,9-10,13-16H2,1-3H3,(H,23,28)/t18-/m1/s1. The lowest BCUT2D eigenvalue weighted by Crippen LogP contribution is -2.48. The molecule has 2 aliphatic rings. The van der Waals surface area contributed by atoms with Crippen LogP contribution in [0.3, 0.4) is 0 Å². The van der Waals surface area contributed by atoms with Crippen molar-refractivity contribution in [1.29, 1.82) is 0 Å². The summed E-state index contributed by atoms with van der Waals surface area (Å²) in [5.41, 5.74) is 3.20. The summed E-state index contributed by atoms with van der Waals surface area (Å²) in [7, 11) is 0. The predicted molar refractivity (Wildman–Crippen MR) is 114 cm³/mol. The summed E-state index contributed by atoms with van der Waals surface area (Å²) in [4.78, 5) is 31.7. The molecule has 3 amide bonds. The van der Waals surface area contributed by atoms with Crippen molar-refractivity contribution < 1.29 is 9.59 Å². The van der Waals surface area contributed by atoms with Gasteiger partial charge in [-0.25, -0.2) is 4.79 Å². The first kappa shape index (κ1) is 20.5. The number of piperidine rings is 1. The van der Waals surface area contributed by atoms with Gasteiger partial charge in [-0.15, -0.1) is 0 Å². The van der Waals surface area contributed by atoms with Crippen LogP contribution in [0.4, 0.5) is 16.2 Å². The van der Waals surface area contributed by atoms with E-state index in [2.05, 4.69) is 23.2 Å². The van der Waals surface area contributed by atoms with Gasteiger partial charge in [-0.05, 0) is 64.2 Å². The number of benzene rings is 1. The molecule has 2 heterocycles. The summed E-state index contributed by atoms with van der Waals surface area (Å²) in [6, 6.07) is 6.02. The molecule has 1 atom stereocenters. The van der Waals surface area contributed by atoms with Gasteiger partial charge in [0, 0.05) is 50.6 Å². The molecule has 2 fully saturated rings. The number of carbonyl (C=O) groups excluding carboxylic acids is 2. The molecule has 0 aliphatic carbocycles. The van der Waals surface area contributed by atoms with Crippen molar-refractivity contribution in [1.82, 2.24) is 9.80 Å². The van der Waals surface area contributed by atoms with Crippen LogP contribution in [0, 0.1) is 12.8 Å². The third-order valence-electron chi connectivity index (χ3n) is 6.13. The highest BCUT2D eigenvalue weighted by Gasteiger charge is 2.30. The van der Waals surface area contributed by atoms with Crippen LogP contribution in [0.25, 0.3) is 0 Å². The Bertz CT molecular complexity index is 696. The maximum atomic E-state index is 12.9. The molecule has 6 nitrogen and oxygen atoms in total. The van der Waals surface area contributed by atoms with Gasteiger partial charge in [-0.2, -0.15) is 0 Å². The van der Waals surface area contributed by atoms with Crippen molar-refractivity contribution in [3.05, 3.63) is 23.8 Å². The summed E-state index contributed by atoms with van der Waals surface area (Å²) < 4.78 is 0. The minimum Gasteiger partial charge on any atom is -0.371 e. The molecule has 2 saturated heterocycles. The molecule has 0 saturated carbocycles. The van der Waals surface area contributed by atoms with Gasteiger partial charge in [-0.3, -0.25) is 4.79 Å². The number of hydrogen-bond donors (Lipinski definition) is 1. The van der Waals surface area contributed by atoms with E-state index in [0.717, 1.165) is 50.3 Å². The van der Waals surface area contributed by atoms with Crippen molar-refractivity contribution >= 4 is 23.3 Å². The molecule has 0 unspecified atom stereocenters. The molecule has 1 N–H and O–H groups in total. The number of carbonyl (C=O) groups is 2. The molecule has 0 bridgehead atoms. The van der Waals surface area contributed by atoms with Gasteiger partial charge < -0.3 is 20.0 Å². The molecule has 28 heavy (non-hydrogen) atoms. The van der Waals surface area contributed by atoms with Gasteiger partial charge in [0.1, 0.15) is 0 Å². The second-order valence-corrected chi connectivity index (χ2v) is 7.87. The number of amides is 3. The number of likely N-dealkylation sites (tertiary alicyclic amines) is 1. The number of anilines is 2. The van der Waals surface area contributed by atoms with Crippen molar-refractivity contribution in [2.75, 3.05) is 49.5 Å². The van der Waals surface area contributed by atoms with Crippen molar-refractivity contribution in [3.63, 3.8) is 0 Å². The van der Waals surface area contributed by atoms with Crippen LogP contribution in [0.1, 0.15) is 45.1 Å². The third-order valence-corrected chi connectivity index (χ3v) is 6.13.